The quantitative estimate of drug-likeness (QED) is 0.449. The molecule has 0 aliphatic rings. The third-order valence-electron chi connectivity index (χ3n) is 5.05. The van der Waals surface area contributed by atoms with Crippen molar-refractivity contribution >= 4 is 23.6 Å². The van der Waals surface area contributed by atoms with Crippen LogP contribution in [0.25, 0.3) is 0 Å². The number of ether oxygens (including phenoxy) is 2. The van der Waals surface area contributed by atoms with Crippen LogP contribution in [0.5, 0.6) is 11.5 Å². The van der Waals surface area contributed by atoms with Crippen LogP contribution in [0.15, 0.2) is 42.5 Å². The summed E-state index contributed by atoms with van der Waals surface area (Å²) in [6, 6.07) is 8.72. The van der Waals surface area contributed by atoms with Crippen molar-refractivity contribution in [2.45, 2.75) is 45.4 Å². The van der Waals surface area contributed by atoms with Gasteiger partial charge in [0.1, 0.15) is 29.2 Å². The Labute approximate surface area is 204 Å². The second-order valence-corrected chi connectivity index (χ2v) is 9.00. The van der Waals surface area contributed by atoms with E-state index in [0.29, 0.717) is 22.6 Å². The predicted octanol–water partition coefficient (Wildman–Crippen LogP) is 2.73. The number of phenols is 1. The summed E-state index contributed by atoms with van der Waals surface area (Å²) in [5.74, 6) is -0.596. The molecule has 2 atom stereocenters. The predicted molar refractivity (Wildman–Crippen MR) is 130 cm³/mol. The maximum Gasteiger partial charge on any atom is 0.408 e. The van der Waals surface area contributed by atoms with Crippen LogP contribution in [0.1, 0.15) is 37.9 Å². The second-order valence-electron chi connectivity index (χ2n) is 9.00. The first kappa shape index (κ1) is 27.5. The van der Waals surface area contributed by atoms with Gasteiger partial charge in [0.25, 0.3) is 5.91 Å². The van der Waals surface area contributed by atoms with E-state index in [1.54, 1.807) is 58.0 Å². The van der Waals surface area contributed by atoms with Gasteiger partial charge in [-0.2, -0.15) is 0 Å². The van der Waals surface area contributed by atoms with Crippen molar-refractivity contribution in [3.8, 4) is 11.5 Å². The minimum absolute atomic E-state index is 0.0388. The lowest BCUT2D eigenvalue weighted by atomic mass is 10.0. The lowest BCUT2D eigenvalue weighted by Crippen LogP contribution is -2.52. The molecule has 0 bridgehead atoms. The van der Waals surface area contributed by atoms with Gasteiger partial charge < -0.3 is 35.2 Å². The number of aliphatic hydroxyl groups excluding tert-OH is 1. The maximum absolute atomic E-state index is 13.4. The van der Waals surface area contributed by atoms with E-state index >= 15 is 0 Å². The van der Waals surface area contributed by atoms with E-state index in [1.807, 2.05) is 0 Å². The number of carbonyl (C=O) groups is 3. The zero-order valence-electron chi connectivity index (χ0n) is 20.8. The molecule has 4 N–H and O–H groups in total. The van der Waals surface area contributed by atoms with Crippen LogP contribution in [-0.2, 0) is 14.3 Å². The first-order valence-corrected chi connectivity index (χ1v) is 11.0. The van der Waals surface area contributed by atoms with Crippen LogP contribution < -0.4 is 15.4 Å². The number of aromatic hydroxyl groups is 1. The highest BCUT2D eigenvalue weighted by atomic mass is 16.6. The van der Waals surface area contributed by atoms with E-state index in [2.05, 4.69) is 10.6 Å². The van der Waals surface area contributed by atoms with Gasteiger partial charge in [-0.1, -0.05) is 6.07 Å². The lowest BCUT2D eigenvalue weighted by Gasteiger charge is -2.31. The molecule has 2 rings (SSSR count). The van der Waals surface area contributed by atoms with Crippen molar-refractivity contribution in [1.29, 1.82) is 0 Å². The smallest absolute Gasteiger partial charge is 0.408 e. The van der Waals surface area contributed by atoms with E-state index in [-0.39, 0.29) is 5.75 Å². The molecule has 190 valence electrons. The average molecular weight is 488 g/mol. The van der Waals surface area contributed by atoms with E-state index in [1.165, 1.54) is 26.3 Å². The number of aliphatic hydroxyl groups is 1. The molecule has 0 saturated carbocycles. The van der Waals surface area contributed by atoms with Gasteiger partial charge in [0.2, 0.25) is 5.91 Å². The maximum atomic E-state index is 13.4. The second kappa shape index (κ2) is 11.6. The summed E-state index contributed by atoms with van der Waals surface area (Å²) in [6.07, 6.45) is -0.877. The molecule has 0 spiro atoms. The highest BCUT2D eigenvalue weighted by Crippen LogP contribution is 2.27. The Hall–Kier alpha value is -3.79. The number of likely N-dealkylation sites (N-methyl/N-ethyl adjacent to an activating group) is 1. The fraction of sp³-hybridized carbons (Fsp3) is 0.400. The van der Waals surface area contributed by atoms with Gasteiger partial charge in [-0.3, -0.25) is 9.59 Å². The van der Waals surface area contributed by atoms with E-state index in [9.17, 15) is 24.6 Å². The van der Waals surface area contributed by atoms with Crippen molar-refractivity contribution in [3.63, 3.8) is 0 Å². The van der Waals surface area contributed by atoms with Crippen LogP contribution in [0.3, 0.4) is 0 Å². The normalized spacial score (nSPS) is 12.8. The molecule has 3 amide bonds. The number of carbonyl (C=O) groups excluding carboxylic acids is 3. The largest absolute Gasteiger partial charge is 0.508 e. The molecule has 0 fully saturated rings. The number of aryl methyl sites for hydroxylation is 1. The molecular weight excluding hydrogens is 454 g/mol. The van der Waals surface area contributed by atoms with Crippen LogP contribution in [-0.4, -0.2) is 65.4 Å². The van der Waals surface area contributed by atoms with Gasteiger partial charge in [-0.05, 0) is 75.2 Å². The lowest BCUT2D eigenvalue weighted by molar-refractivity contribution is -0.139. The van der Waals surface area contributed by atoms with Gasteiger partial charge in [0, 0.05) is 12.7 Å². The van der Waals surface area contributed by atoms with Crippen molar-refractivity contribution < 1.29 is 34.1 Å². The summed E-state index contributed by atoms with van der Waals surface area (Å²) in [5, 5.41) is 24.8. The minimum atomic E-state index is -1.34. The molecule has 10 heteroatoms. The minimum Gasteiger partial charge on any atom is -0.508 e. The van der Waals surface area contributed by atoms with Crippen LogP contribution in [0, 0.1) is 6.92 Å². The molecule has 0 saturated heterocycles. The number of nitrogens with one attached hydrogen (secondary N) is 2. The Balaban J connectivity index is 2.34. The van der Waals surface area contributed by atoms with Crippen LogP contribution in [0.4, 0.5) is 10.5 Å². The SMILES string of the molecule is COc1ccc(NC(=O)C(c2ccc(O)c(C)c2)N(C)C(=O)C(CO)NC(=O)OC(C)(C)C)cc1. The first-order valence-electron chi connectivity index (χ1n) is 11.0. The van der Waals surface area contributed by atoms with Crippen molar-refractivity contribution in [2.75, 3.05) is 26.1 Å². The highest BCUT2D eigenvalue weighted by Gasteiger charge is 2.34. The Bertz CT molecular complexity index is 1050. The van der Waals surface area contributed by atoms with Gasteiger partial charge in [-0.15, -0.1) is 0 Å². The number of methoxy groups -OCH3 is 1. The fourth-order valence-corrected chi connectivity index (χ4v) is 3.29. The van der Waals surface area contributed by atoms with Crippen molar-refractivity contribution in [2.24, 2.45) is 0 Å². The number of rotatable bonds is 8. The summed E-state index contributed by atoms with van der Waals surface area (Å²) in [6.45, 7) is 5.97. The third-order valence-corrected chi connectivity index (χ3v) is 5.05. The fourth-order valence-electron chi connectivity index (χ4n) is 3.29. The molecule has 0 aliphatic carbocycles. The van der Waals surface area contributed by atoms with Gasteiger partial charge in [0.05, 0.1) is 13.7 Å². The number of hydrogen-bond acceptors (Lipinski definition) is 7. The summed E-state index contributed by atoms with van der Waals surface area (Å²) in [5.41, 5.74) is 0.610. The molecule has 10 nitrogen and oxygen atoms in total. The molecule has 0 aromatic heterocycles. The standard InChI is InChI=1S/C25H33N3O7/c1-15-13-16(7-12-20(15)30)21(22(31)26-17-8-10-18(34-6)11-9-17)28(5)23(32)19(14-29)27-24(33)35-25(2,3)4/h7-13,19,21,29-30H,14H2,1-6H3,(H,26,31)(H,27,33). The zero-order chi connectivity index (χ0) is 26.3. The van der Waals surface area contributed by atoms with Crippen molar-refractivity contribution in [3.05, 3.63) is 53.6 Å². The molecule has 35 heavy (non-hydrogen) atoms. The molecule has 2 unspecified atom stereocenters. The summed E-state index contributed by atoms with van der Waals surface area (Å²) in [4.78, 5) is 39.9. The van der Waals surface area contributed by atoms with Gasteiger partial charge in [-0.25, -0.2) is 4.79 Å². The summed E-state index contributed by atoms with van der Waals surface area (Å²) < 4.78 is 10.3. The van der Waals surface area contributed by atoms with Crippen molar-refractivity contribution in [1.82, 2.24) is 10.2 Å². The third kappa shape index (κ3) is 7.61. The van der Waals surface area contributed by atoms with E-state index in [4.69, 9.17) is 9.47 Å². The Morgan fingerprint density at radius 1 is 1.09 bits per heavy atom. The zero-order valence-corrected chi connectivity index (χ0v) is 20.8. The topological polar surface area (TPSA) is 137 Å². The Morgan fingerprint density at radius 3 is 2.23 bits per heavy atom. The van der Waals surface area contributed by atoms with Gasteiger partial charge >= 0.3 is 6.09 Å². The van der Waals surface area contributed by atoms with E-state index < -0.39 is 42.2 Å². The highest BCUT2D eigenvalue weighted by molar-refractivity contribution is 5.99. The molecule has 2 aromatic carbocycles. The average Bonchev–Trinajstić information content (AvgIpc) is 2.78. The number of anilines is 1. The van der Waals surface area contributed by atoms with Gasteiger partial charge in [0.15, 0.2) is 0 Å². The number of benzene rings is 2. The van der Waals surface area contributed by atoms with Crippen LogP contribution >= 0.6 is 0 Å². The molecule has 0 heterocycles. The number of nitrogens with zero attached hydrogens (tertiary/aromatic N) is 1. The number of alkyl carbamates (subject to hydrolysis) is 1. The monoisotopic (exact) mass is 487 g/mol. The summed E-state index contributed by atoms with van der Waals surface area (Å²) >= 11 is 0. The molecule has 0 aliphatic heterocycles. The first-order chi connectivity index (χ1) is 16.4. The Morgan fingerprint density at radius 2 is 1.71 bits per heavy atom. The molecule has 2 aromatic rings. The van der Waals surface area contributed by atoms with E-state index in [0.717, 1.165) is 4.90 Å². The number of hydrogen-bond donors (Lipinski definition) is 4. The number of phenolic OH excluding ortho intramolecular Hbond substituents is 1. The number of amides is 3. The van der Waals surface area contributed by atoms with Crippen LogP contribution in [0.2, 0.25) is 0 Å². The molecule has 0 radical (unpaired) electrons. The summed E-state index contributed by atoms with van der Waals surface area (Å²) in [7, 11) is 2.92. The molecular formula is C25H33N3O7. The Kier molecular flexibility index (Phi) is 9.07.